The number of benzene rings is 1. The first kappa shape index (κ1) is 34.3. The normalized spacial score (nSPS) is 17.9. The van der Waals surface area contributed by atoms with Crippen molar-refractivity contribution in [2.45, 2.75) is 57.5 Å². The molecular weight excluding hydrogens is 689 g/mol. The van der Waals surface area contributed by atoms with Crippen LogP contribution in [0.5, 0.6) is 0 Å². The van der Waals surface area contributed by atoms with Crippen molar-refractivity contribution in [1.82, 2.24) is 24.6 Å². The average Bonchev–Trinajstić information content (AvgIpc) is 3.33. The lowest BCUT2D eigenvalue weighted by Gasteiger charge is -2.35. The van der Waals surface area contributed by atoms with Gasteiger partial charge in [-0.05, 0) is 40.2 Å². The van der Waals surface area contributed by atoms with Crippen molar-refractivity contribution in [3.05, 3.63) is 62.1 Å². The van der Waals surface area contributed by atoms with Crippen LogP contribution in [-0.4, -0.2) is 96.7 Å². The Balaban J connectivity index is 1.58. The van der Waals surface area contributed by atoms with E-state index in [9.17, 15) is 9.70 Å². The molecule has 0 spiro atoms. The van der Waals surface area contributed by atoms with Gasteiger partial charge in [-0.15, -0.1) is 0 Å². The molecular formula is C31H46BrN6O4SSi2+. The van der Waals surface area contributed by atoms with E-state index in [1.165, 1.54) is 0 Å². The Hall–Kier alpha value is -2.08. The van der Waals surface area contributed by atoms with Gasteiger partial charge in [-0.2, -0.15) is 16.4 Å². The van der Waals surface area contributed by atoms with Gasteiger partial charge in [0.15, 0.2) is 6.17 Å². The van der Waals surface area contributed by atoms with E-state index >= 15 is 0 Å². The molecule has 0 aliphatic carbocycles. The van der Waals surface area contributed by atoms with Gasteiger partial charge in [-0.25, -0.2) is 10.00 Å². The fourth-order valence-electron chi connectivity index (χ4n) is 5.39. The predicted molar refractivity (Wildman–Crippen MR) is 193 cm³/mol. The van der Waals surface area contributed by atoms with Crippen LogP contribution in [0.4, 0.5) is 5.82 Å². The van der Waals surface area contributed by atoms with E-state index < -0.39 is 22.3 Å². The number of pyridine rings is 1. The van der Waals surface area contributed by atoms with Crippen molar-refractivity contribution in [3.8, 4) is 11.1 Å². The number of aromatic amines is 1. The van der Waals surface area contributed by atoms with Crippen LogP contribution in [0.3, 0.4) is 0 Å². The number of fused-ring (bicyclic) bond motifs is 2. The van der Waals surface area contributed by atoms with E-state index in [1.807, 2.05) is 42.1 Å². The number of halogens is 1. The molecule has 1 unspecified atom stereocenters. The molecule has 2 aromatic heterocycles. The van der Waals surface area contributed by atoms with E-state index in [2.05, 4.69) is 75.1 Å². The molecule has 0 bridgehead atoms. The van der Waals surface area contributed by atoms with Crippen LogP contribution in [-0.2, 0) is 9.47 Å². The number of nitroso groups, excluding NO2 is 1. The van der Waals surface area contributed by atoms with Crippen molar-refractivity contribution < 1.29 is 14.2 Å². The predicted octanol–water partition coefficient (Wildman–Crippen LogP) is 6.85. The summed E-state index contributed by atoms with van der Waals surface area (Å²) >= 11 is 5.75. The zero-order chi connectivity index (χ0) is 32.4. The molecule has 0 radical (unpaired) electrons. The monoisotopic (exact) mass is 733 g/mol. The first-order chi connectivity index (χ1) is 21.3. The summed E-state index contributed by atoms with van der Waals surface area (Å²) in [5.74, 6) is 2.62. The third kappa shape index (κ3) is 8.26. The molecule has 10 nitrogen and oxygen atoms in total. The van der Waals surface area contributed by atoms with Gasteiger partial charge in [-0.3, -0.25) is 14.7 Å². The number of hydrogen-bond acceptors (Lipinski definition) is 8. The summed E-state index contributed by atoms with van der Waals surface area (Å²) in [5.41, 5.74) is 1.38. The Morgan fingerprint density at radius 2 is 1.67 bits per heavy atom. The molecule has 4 heterocycles. The Labute approximate surface area is 280 Å². The number of aromatic nitrogens is 3. The van der Waals surface area contributed by atoms with Crippen molar-refractivity contribution >= 4 is 60.6 Å². The van der Waals surface area contributed by atoms with Crippen LogP contribution < -0.4 is 5.56 Å². The van der Waals surface area contributed by atoms with Gasteiger partial charge in [0.1, 0.15) is 23.5 Å². The summed E-state index contributed by atoms with van der Waals surface area (Å²) in [6.07, 6.45) is 1.13. The van der Waals surface area contributed by atoms with Crippen molar-refractivity contribution in [2.24, 2.45) is 0 Å². The first-order valence-corrected chi connectivity index (χ1v) is 25.0. The van der Waals surface area contributed by atoms with Gasteiger partial charge >= 0.3 is 5.82 Å². The standard InChI is InChI=1S/C31H45BrN6O4SSi2/c1-44(2,3)17-13-41-21-36(22-42-14-18-45(4,5)6)30-27(32)31(35-11-15-43-16-12-35)38(40)29-26(28(39)34-37(29)30)24-19-23-9-7-8-10-25(23)33-20-24/h7-10,19-20,30H,11-18,21-22H2,1-6H3/p+1. The second-order valence-electron chi connectivity index (χ2n) is 14.2. The van der Waals surface area contributed by atoms with Gasteiger partial charge in [-0.1, -0.05) is 62.4 Å². The third-order valence-electron chi connectivity index (χ3n) is 8.01. The minimum atomic E-state index is -1.30. The van der Waals surface area contributed by atoms with Gasteiger partial charge < -0.3 is 9.47 Å². The van der Waals surface area contributed by atoms with Gasteiger partial charge in [0.05, 0.1) is 18.6 Å². The quantitative estimate of drug-likeness (QED) is 0.0882. The molecule has 1 fully saturated rings. The number of hydrogen-bond donors (Lipinski definition) is 1. The highest BCUT2D eigenvalue weighted by Gasteiger charge is 2.47. The molecule has 0 amide bonds. The summed E-state index contributed by atoms with van der Waals surface area (Å²) in [7, 11) is -2.60. The summed E-state index contributed by atoms with van der Waals surface area (Å²) < 4.78 is 15.8. The third-order valence-corrected chi connectivity index (χ3v) is 13.1. The van der Waals surface area contributed by atoms with E-state index in [0.29, 0.717) is 34.6 Å². The zero-order valence-electron chi connectivity index (χ0n) is 27.3. The molecule has 1 aromatic carbocycles. The van der Waals surface area contributed by atoms with Gasteiger partial charge in [0.2, 0.25) is 0 Å². The maximum absolute atomic E-state index is 14.4. The summed E-state index contributed by atoms with van der Waals surface area (Å²) in [6.45, 7) is 17.3. The molecule has 2 aliphatic rings. The molecule has 14 heteroatoms. The van der Waals surface area contributed by atoms with Crippen LogP contribution in [0.2, 0.25) is 51.4 Å². The fraction of sp³-hybridized carbons (Fsp3) is 0.548. The molecule has 0 saturated carbocycles. The lowest BCUT2D eigenvalue weighted by atomic mass is 10.1. The van der Waals surface area contributed by atoms with Crippen molar-refractivity contribution in [2.75, 3.05) is 51.3 Å². The molecule has 1 saturated heterocycles. The van der Waals surface area contributed by atoms with Gasteiger partial charge in [0, 0.05) is 62.8 Å². The number of nitrogens with one attached hydrogen (secondary N) is 1. The summed E-state index contributed by atoms with van der Waals surface area (Å²) in [6, 6.07) is 11.8. The Morgan fingerprint density at radius 3 is 2.29 bits per heavy atom. The number of nitrogens with zero attached hydrogens (tertiary/aromatic N) is 5. The molecule has 244 valence electrons. The highest BCUT2D eigenvalue weighted by molar-refractivity contribution is 9.11. The van der Waals surface area contributed by atoms with Crippen LogP contribution >= 0.6 is 27.7 Å². The van der Waals surface area contributed by atoms with Crippen LogP contribution in [0, 0.1) is 4.91 Å². The zero-order valence-corrected chi connectivity index (χ0v) is 31.7. The lowest BCUT2D eigenvalue weighted by molar-refractivity contribution is -0.442. The van der Waals surface area contributed by atoms with Crippen LogP contribution in [0.15, 0.2) is 51.6 Å². The maximum Gasteiger partial charge on any atom is 0.305 e. The number of rotatable bonds is 13. The Bertz CT molecular complexity index is 1590. The number of para-hydroxylation sites is 1. The summed E-state index contributed by atoms with van der Waals surface area (Å²) in [5, 5.41) is 3.92. The molecule has 3 aromatic rings. The average molecular weight is 735 g/mol. The highest BCUT2D eigenvalue weighted by Crippen LogP contribution is 2.43. The van der Waals surface area contributed by atoms with Crippen molar-refractivity contribution in [1.29, 1.82) is 0 Å². The minimum Gasteiger partial charge on any atom is -0.366 e. The first-order valence-electron chi connectivity index (χ1n) is 15.6. The highest BCUT2D eigenvalue weighted by atomic mass is 79.9. The van der Waals surface area contributed by atoms with E-state index in [4.69, 9.17) is 9.47 Å². The topological polar surface area (TPSA) is 95.7 Å². The molecule has 5 rings (SSSR count). The molecule has 45 heavy (non-hydrogen) atoms. The Morgan fingerprint density at radius 1 is 1.04 bits per heavy atom. The molecule has 2 aliphatic heterocycles. The maximum atomic E-state index is 14.4. The van der Waals surface area contributed by atoms with E-state index in [-0.39, 0.29) is 24.8 Å². The SMILES string of the molecule is C[Si](C)(C)CCOCN(COCC[Si](C)(C)C)C1C(Br)=C(N2CCSCC2)[N+](=O)c2c(-c3cnc4ccccc4c3)c(=O)[nH]n21. The van der Waals surface area contributed by atoms with Crippen LogP contribution in [0.25, 0.3) is 22.0 Å². The summed E-state index contributed by atoms with van der Waals surface area (Å²) in [4.78, 5) is 37.0. The van der Waals surface area contributed by atoms with Crippen LogP contribution in [0.1, 0.15) is 6.17 Å². The Kier molecular flexibility index (Phi) is 10.9. The fourth-order valence-corrected chi connectivity index (χ4v) is 8.71. The number of ether oxygens (including phenoxy) is 2. The molecule has 1 N–H and O–H groups in total. The minimum absolute atomic E-state index is 0.257. The van der Waals surface area contributed by atoms with E-state index in [1.54, 1.807) is 10.9 Å². The molecule has 1 atom stereocenters. The smallest absolute Gasteiger partial charge is 0.305 e. The lowest BCUT2D eigenvalue weighted by Crippen LogP contribution is -2.44. The van der Waals surface area contributed by atoms with Crippen molar-refractivity contribution in [3.63, 3.8) is 0 Å². The second-order valence-corrected chi connectivity index (χ2v) is 27.5. The number of thioether (sulfide) groups is 1. The van der Waals surface area contributed by atoms with Gasteiger partial charge in [0.25, 0.3) is 11.4 Å². The number of H-pyrrole nitrogens is 1. The largest absolute Gasteiger partial charge is 0.366 e. The second kappa shape index (κ2) is 14.4. The van der Waals surface area contributed by atoms with E-state index in [0.717, 1.165) is 52.3 Å².